The number of hydrogen-bond acceptors (Lipinski definition) is 4. The van der Waals surface area contributed by atoms with Crippen LogP contribution < -0.4 is 5.73 Å². The van der Waals surface area contributed by atoms with E-state index in [2.05, 4.69) is 5.10 Å². The molecule has 0 radical (unpaired) electrons. The third-order valence-corrected chi connectivity index (χ3v) is 3.33. The minimum absolute atomic E-state index is 0.354. The number of hydrogen-bond donors (Lipinski definition) is 1. The Balaban J connectivity index is 2.36. The fraction of sp³-hybridized carbons (Fsp3) is 0.667. The highest BCUT2D eigenvalue weighted by atomic mass is 16.5. The van der Waals surface area contributed by atoms with Gasteiger partial charge in [-0.1, -0.05) is 12.8 Å². The molecule has 1 fully saturated rings. The van der Waals surface area contributed by atoms with Gasteiger partial charge in [-0.25, -0.2) is 4.79 Å². The molecule has 1 heterocycles. The third-order valence-electron chi connectivity index (χ3n) is 3.33. The van der Waals surface area contributed by atoms with E-state index in [1.807, 2.05) is 6.20 Å². The van der Waals surface area contributed by atoms with Crippen LogP contribution in [0.4, 0.5) is 0 Å². The SMILES string of the molecule is CCOC(=O)c1nn(C)cc1C1(N)CCCC1. The molecule has 17 heavy (non-hydrogen) atoms. The number of nitrogens with zero attached hydrogens (tertiary/aromatic N) is 2. The van der Waals surface area contributed by atoms with Gasteiger partial charge in [0.05, 0.1) is 6.61 Å². The highest BCUT2D eigenvalue weighted by Crippen LogP contribution is 2.37. The predicted octanol–water partition coefficient (Wildman–Crippen LogP) is 1.32. The van der Waals surface area contributed by atoms with Gasteiger partial charge in [-0.2, -0.15) is 5.10 Å². The van der Waals surface area contributed by atoms with Crippen molar-refractivity contribution >= 4 is 5.97 Å². The Hall–Kier alpha value is -1.36. The van der Waals surface area contributed by atoms with E-state index in [4.69, 9.17) is 10.5 Å². The van der Waals surface area contributed by atoms with E-state index in [0.29, 0.717) is 12.3 Å². The van der Waals surface area contributed by atoms with Crippen LogP contribution in [0.15, 0.2) is 6.20 Å². The third kappa shape index (κ3) is 2.20. The fourth-order valence-electron chi connectivity index (χ4n) is 2.48. The van der Waals surface area contributed by atoms with Crippen molar-refractivity contribution in [1.82, 2.24) is 9.78 Å². The summed E-state index contributed by atoms with van der Waals surface area (Å²) < 4.78 is 6.65. The largest absolute Gasteiger partial charge is 0.461 e. The summed E-state index contributed by atoms with van der Waals surface area (Å²) in [6.45, 7) is 2.14. The lowest BCUT2D eigenvalue weighted by Gasteiger charge is -2.22. The molecule has 1 saturated carbocycles. The zero-order valence-corrected chi connectivity index (χ0v) is 10.4. The Morgan fingerprint density at radius 1 is 1.59 bits per heavy atom. The number of rotatable bonds is 3. The Labute approximate surface area is 101 Å². The van der Waals surface area contributed by atoms with E-state index in [9.17, 15) is 4.79 Å². The average Bonchev–Trinajstić information content (AvgIpc) is 2.86. The van der Waals surface area contributed by atoms with Crippen molar-refractivity contribution in [2.24, 2.45) is 12.8 Å². The first-order valence-electron chi connectivity index (χ1n) is 6.07. The smallest absolute Gasteiger partial charge is 0.359 e. The summed E-state index contributed by atoms with van der Waals surface area (Å²) in [6, 6.07) is 0. The maximum absolute atomic E-state index is 11.8. The van der Waals surface area contributed by atoms with Gasteiger partial charge >= 0.3 is 5.97 Å². The maximum Gasteiger partial charge on any atom is 0.359 e. The molecule has 0 aliphatic heterocycles. The van der Waals surface area contributed by atoms with Crippen molar-refractivity contribution in [3.63, 3.8) is 0 Å². The van der Waals surface area contributed by atoms with Crippen LogP contribution in [0.3, 0.4) is 0 Å². The maximum atomic E-state index is 11.8. The number of aromatic nitrogens is 2. The molecule has 1 aromatic rings. The molecule has 1 aromatic heterocycles. The Kier molecular flexibility index (Phi) is 3.19. The van der Waals surface area contributed by atoms with Crippen LogP contribution in [-0.2, 0) is 17.3 Å². The molecule has 94 valence electrons. The average molecular weight is 237 g/mol. The minimum atomic E-state index is -0.406. The van der Waals surface area contributed by atoms with Crippen molar-refractivity contribution in [2.75, 3.05) is 6.61 Å². The van der Waals surface area contributed by atoms with Crippen LogP contribution in [0.25, 0.3) is 0 Å². The van der Waals surface area contributed by atoms with Crippen LogP contribution in [-0.4, -0.2) is 22.4 Å². The molecule has 2 N–H and O–H groups in total. The number of nitrogens with two attached hydrogens (primary N) is 1. The highest BCUT2D eigenvalue weighted by molar-refractivity contribution is 5.89. The second-order valence-corrected chi connectivity index (χ2v) is 4.65. The summed E-state index contributed by atoms with van der Waals surface area (Å²) in [5.74, 6) is -0.375. The molecule has 0 spiro atoms. The van der Waals surface area contributed by atoms with E-state index < -0.39 is 5.54 Å². The molecule has 0 bridgehead atoms. The summed E-state index contributed by atoms with van der Waals surface area (Å²) in [7, 11) is 1.80. The number of ether oxygens (including phenoxy) is 1. The number of carbonyl (C=O) groups excluding carboxylic acids is 1. The van der Waals surface area contributed by atoms with Crippen LogP contribution in [0.1, 0.15) is 48.7 Å². The Morgan fingerprint density at radius 2 is 2.24 bits per heavy atom. The van der Waals surface area contributed by atoms with Gasteiger partial charge in [-0.05, 0) is 19.8 Å². The summed E-state index contributed by atoms with van der Waals surface area (Å²) in [6.07, 6.45) is 5.87. The topological polar surface area (TPSA) is 70.1 Å². The molecule has 0 atom stereocenters. The zero-order chi connectivity index (χ0) is 12.5. The molecule has 1 aliphatic rings. The molecule has 5 nitrogen and oxygen atoms in total. The quantitative estimate of drug-likeness (QED) is 0.805. The number of aryl methyl sites for hydroxylation is 1. The van der Waals surface area contributed by atoms with Gasteiger partial charge in [0.1, 0.15) is 0 Å². The van der Waals surface area contributed by atoms with Gasteiger partial charge in [0.15, 0.2) is 5.69 Å². The standard InChI is InChI=1S/C12H19N3O2/c1-3-17-11(16)10-9(8-15(2)14-10)12(13)6-4-5-7-12/h8H,3-7,13H2,1-2H3. The molecule has 1 aliphatic carbocycles. The van der Waals surface area contributed by atoms with E-state index in [0.717, 1.165) is 31.2 Å². The van der Waals surface area contributed by atoms with Gasteiger partial charge < -0.3 is 10.5 Å². The highest BCUT2D eigenvalue weighted by Gasteiger charge is 2.36. The van der Waals surface area contributed by atoms with E-state index in [1.54, 1.807) is 18.7 Å². The van der Waals surface area contributed by atoms with Crippen molar-refractivity contribution < 1.29 is 9.53 Å². The first-order valence-corrected chi connectivity index (χ1v) is 6.07. The van der Waals surface area contributed by atoms with Gasteiger partial charge in [-0.15, -0.1) is 0 Å². The first-order chi connectivity index (χ1) is 8.07. The molecular weight excluding hydrogens is 218 g/mol. The second-order valence-electron chi connectivity index (χ2n) is 4.65. The lowest BCUT2D eigenvalue weighted by Crippen LogP contribution is -2.34. The zero-order valence-electron chi connectivity index (χ0n) is 10.4. The van der Waals surface area contributed by atoms with E-state index in [-0.39, 0.29) is 5.97 Å². The summed E-state index contributed by atoms with van der Waals surface area (Å²) in [5, 5.41) is 4.18. The van der Waals surface area contributed by atoms with E-state index >= 15 is 0 Å². The van der Waals surface area contributed by atoms with Crippen LogP contribution in [0, 0.1) is 0 Å². The van der Waals surface area contributed by atoms with Crippen molar-refractivity contribution in [3.8, 4) is 0 Å². The fourth-order valence-corrected chi connectivity index (χ4v) is 2.48. The molecule has 0 unspecified atom stereocenters. The van der Waals surface area contributed by atoms with Gasteiger partial charge in [0, 0.05) is 24.3 Å². The van der Waals surface area contributed by atoms with E-state index in [1.165, 1.54) is 0 Å². The molecule has 5 heteroatoms. The Morgan fingerprint density at radius 3 is 2.82 bits per heavy atom. The molecule has 0 saturated heterocycles. The summed E-state index contributed by atoms with van der Waals surface area (Å²) in [5.41, 5.74) is 7.16. The van der Waals surface area contributed by atoms with Crippen molar-refractivity contribution in [3.05, 3.63) is 17.5 Å². The molecule has 0 amide bonds. The monoisotopic (exact) mass is 237 g/mol. The van der Waals surface area contributed by atoms with Gasteiger partial charge in [0.25, 0.3) is 0 Å². The van der Waals surface area contributed by atoms with Crippen LogP contribution >= 0.6 is 0 Å². The van der Waals surface area contributed by atoms with Crippen molar-refractivity contribution in [1.29, 1.82) is 0 Å². The van der Waals surface area contributed by atoms with Crippen molar-refractivity contribution in [2.45, 2.75) is 38.1 Å². The molecule has 0 aromatic carbocycles. The number of esters is 1. The van der Waals surface area contributed by atoms with Gasteiger partial charge in [0.2, 0.25) is 0 Å². The van der Waals surface area contributed by atoms with Gasteiger partial charge in [-0.3, -0.25) is 4.68 Å². The summed E-state index contributed by atoms with van der Waals surface area (Å²) >= 11 is 0. The normalized spacial score (nSPS) is 18.3. The minimum Gasteiger partial charge on any atom is -0.461 e. The van der Waals surface area contributed by atoms with Crippen LogP contribution in [0.2, 0.25) is 0 Å². The summed E-state index contributed by atoms with van der Waals surface area (Å²) in [4.78, 5) is 11.8. The second kappa shape index (κ2) is 4.49. The number of carbonyl (C=O) groups is 1. The Bertz CT molecular complexity index is 419. The first kappa shape index (κ1) is 12.1. The van der Waals surface area contributed by atoms with Crippen LogP contribution in [0.5, 0.6) is 0 Å². The predicted molar refractivity (Wildman–Crippen MR) is 63.5 cm³/mol. The lowest BCUT2D eigenvalue weighted by molar-refractivity contribution is 0.0515. The molecule has 2 rings (SSSR count). The molecular formula is C12H19N3O2. The lowest BCUT2D eigenvalue weighted by atomic mass is 9.90.